The van der Waals surface area contributed by atoms with E-state index in [1.165, 1.54) is 23.4 Å². The molecule has 2 amide bonds. The lowest BCUT2D eigenvalue weighted by molar-refractivity contribution is -0.116. The quantitative estimate of drug-likeness (QED) is 0.273. The fourth-order valence-corrected chi connectivity index (χ4v) is 5.82. The number of amides is 2. The van der Waals surface area contributed by atoms with E-state index in [2.05, 4.69) is 21.6 Å². The van der Waals surface area contributed by atoms with Crippen molar-refractivity contribution in [1.82, 2.24) is 20.1 Å². The van der Waals surface area contributed by atoms with Gasteiger partial charge in [-0.1, -0.05) is 65.3 Å². The Morgan fingerprint density at radius 2 is 1.79 bits per heavy atom. The summed E-state index contributed by atoms with van der Waals surface area (Å²) >= 11 is 13.5. The van der Waals surface area contributed by atoms with Crippen molar-refractivity contribution < 1.29 is 14.3 Å². The molecule has 200 valence electrons. The molecule has 0 fully saturated rings. The number of methoxy groups -OCH3 is 1. The number of anilines is 1. The number of hydrogen-bond donors (Lipinski definition) is 1. The van der Waals surface area contributed by atoms with Crippen LogP contribution in [0.4, 0.5) is 5.69 Å². The number of carbonyl (C=O) groups excluding carboxylic acids is 2. The molecule has 0 bridgehead atoms. The number of nitrogens with zero attached hydrogens (tertiary/aromatic N) is 4. The second kappa shape index (κ2) is 12.1. The molecule has 8 nitrogen and oxygen atoms in total. The third-order valence-electron chi connectivity index (χ3n) is 6.35. The molecule has 0 aliphatic carbocycles. The highest BCUT2D eigenvalue weighted by Gasteiger charge is 2.24. The summed E-state index contributed by atoms with van der Waals surface area (Å²) in [6.07, 6.45) is 1.89. The van der Waals surface area contributed by atoms with Crippen molar-refractivity contribution in [2.75, 3.05) is 24.3 Å². The molecular formula is C28H25Cl2N5O3S. The number of halogens is 2. The fraction of sp³-hybridized carbons (Fsp3) is 0.214. The number of para-hydroxylation sites is 3. The van der Waals surface area contributed by atoms with Crippen LogP contribution in [0.1, 0.15) is 28.2 Å². The van der Waals surface area contributed by atoms with Gasteiger partial charge < -0.3 is 15.0 Å². The summed E-state index contributed by atoms with van der Waals surface area (Å²) in [6, 6.07) is 20.1. The van der Waals surface area contributed by atoms with E-state index in [-0.39, 0.29) is 29.1 Å². The maximum Gasteiger partial charge on any atom is 0.253 e. The van der Waals surface area contributed by atoms with Crippen LogP contribution in [-0.4, -0.2) is 46.0 Å². The summed E-state index contributed by atoms with van der Waals surface area (Å²) in [6.45, 7) is 0.747. The Balaban J connectivity index is 1.38. The highest BCUT2D eigenvalue weighted by Crippen LogP contribution is 2.31. The Morgan fingerprint density at radius 1 is 1.03 bits per heavy atom. The van der Waals surface area contributed by atoms with Gasteiger partial charge in [0.15, 0.2) is 11.0 Å². The van der Waals surface area contributed by atoms with Gasteiger partial charge in [-0.3, -0.25) is 14.2 Å². The first kappa shape index (κ1) is 27.1. The maximum absolute atomic E-state index is 13.3. The lowest BCUT2D eigenvalue weighted by atomic mass is 10.0. The number of nitrogens with one attached hydrogen (secondary N) is 1. The Kier molecular flexibility index (Phi) is 8.40. The summed E-state index contributed by atoms with van der Waals surface area (Å²) in [5.41, 5.74) is 3.13. The largest absolute Gasteiger partial charge is 0.495 e. The standard InChI is InChI=1S/C28H25Cl2N5O3S/c1-38-24-11-5-4-10-23(24)35-25(16-31-27(37)20-13-12-19(29)15-21(20)30)32-33-28(35)39-17-26(36)34-14-6-8-18-7-2-3-9-22(18)34/h2-5,7,9-13,15H,6,8,14,16-17H2,1H3,(H,31,37). The number of fused-ring (bicyclic) bond motifs is 1. The molecule has 1 aliphatic heterocycles. The van der Waals surface area contributed by atoms with Crippen molar-refractivity contribution in [2.45, 2.75) is 24.5 Å². The van der Waals surface area contributed by atoms with E-state index in [1.54, 1.807) is 23.8 Å². The monoisotopic (exact) mass is 581 g/mol. The number of aryl methyl sites for hydroxylation is 1. The van der Waals surface area contributed by atoms with Gasteiger partial charge in [-0.05, 0) is 54.8 Å². The van der Waals surface area contributed by atoms with Gasteiger partial charge in [-0.2, -0.15) is 0 Å². The number of carbonyl (C=O) groups is 2. The van der Waals surface area contributed by atoms with Crippen LogP contribution in [0.15, 0.2) is 71.9 Å². The third kappa shape index (κ3) is 5.90. The van der Waals surface area contributed by atoms with Gasteiger partial charge in [0, 0.05) is 17.3 Å². The highest BCUT2D eigenvalue weighted by atomic mass is 35.5. The summed E-state index contributed by atoms with van der Waals surface area (Å²) in [5, 5.41) is 12.8. The van der Waals surface area contributed by atoms with Gasteiger partial charge in [0.1, 0.15) is 5.75 Å². The van der Waals surface area contributed by atoms with Crippen LogP contribution in [0.25, 0.3) is 5.69 Å². The summed E-state index contributed by atoms with van der Waals surface area (Å²) < 4.78 is 7.38. The van der Waals surface area contributed by atoms with Crippen molar-refractivity contribution in [3.63, 3.8) is 0 Å². The topological polar surface area (TPSA) is 89.3 Å². The first-order chi connectivity index (χ1) is 19.0. The molecule has 11 heteroatoms. The molecular weight excluding hydrogens is 557 g/mol. The predicted molar refractivity (Wildman–Crippen MR) is 153 cm³/mol. The molecule has 0 radical (unpaired) electrons. The summed E-state index contributed by atoms with van der Waals surface area (Å²) in [4.78, 5) is 28.0. The van der Waals surface area contributed by atoms with E-state index < -0.39 is 0 Å². The van der Waals surface area contributed by atoms with Gasteiger partial charge in [-0.25, -0.2) is 0 Å². The lowest BCUT2D eigenvalue weighted by Gasteiger charge is -2.29. The smallest absolute Gasteiger partial charge is 0.253 e. The van der Waals surface area contributed by atoms with Gasteiger partial charge in [0.05, 0.1) is 35.7 Å². The van der Waals surface area contributed by atoms with Crippen molar-refractivity contribution >= 4 is 52.5 Å². The summed E-state index contributed by atoms with van der Waals surface area (Å²) in [5.74, 6) is 0.863. The second-order valence-corrected chi connectivity index (χ2v) is 10.6. The van der Waals surface area contributed by atoms with E-state index >= 15 is 0 Å². The van der Waals surface area contributed by atoms with E-state index in [1.807, 2.05) is 47.4 Å². The molecule has 4 aromatic rings. The van der Waals surface area contributed by atoms with Crippen LogP contribution in [0.3, 0.4) is 0 Å². The van der Waals surface area contributed by atoms with Crippen LogP contribution in [0, 0.1) is 0 Å². The molecule has 1 aliphatic rings. The molecule has 5 rings (SSSR count). The Morgan fingerprint density at radius 3 is 2.59 bits per heavy atom. The number of rotatable bonds is 8. The Labute approximate surface area is 240 Å². The first-order valence-corrected chi connectivity index (χ1v) is 14.0. The Hall–Kier alpha value is -3.53. The minimum atomic E-state index is -0.376. The first-order valence-electron chi connectivity index (χ1n) is 12.3. The molecule has 1 aromatic heterocycles. The average molecular weight is 583 g/mol. The van der Waals surface area contributed by atoms with Gasteiger partial charge in [-0.15, -0.1) is 10.2 Å². The predicted octanol–water partition coefficient (Wildman–Crippen LogP) is 5.58. The molecule has 0 unspecified atom stereocenters. The molecule has 3 aromatic carbocycles. The van der Waals surface area contributed by atoms with Crippen molar-refractivity contribution in [3.8, 4) is 11.4 Å². The third-order valence-corrected chi connectivity index (χ3v) is 7.81. The lowest BCUT2D eigenvalue weighted by Crippen LogP contribution is -2.36. The zero-order chi connectivity index (χ0) is 27.4. The van der Waals surface area contributed by atoms with Crippen molar-refractivity contribution in [1.29, 1.82) is 0 Å². The maximum atomic E-state index is 13.3. The molecule has 0 atom stereocenters. The zero-order valence-corrected chi connectivity index (χ0v) is 23.4. The number of hydrogen-bond acceptors (Lipinski definition) is 6. The number of thioether (sulfide) groups is 1. The van der Waals surface area contributed by atoms with Crippen LogP contribution in [0.2, 0.25) is 10.0 Å². The Bertz CT molecular complexity index is 1530. The SMILES string of the molecule is COc1ccccc1-n1c(CNC(=O)c2ccc(Cl)cc2Cl)nnc1SCC(=O)N1CCCc2ccccc21. The molecule has 39 heavy (non-hydrogen) atoms. The molecule has 1 N–H and O–H groups in total. The second-order valence-electron chi connectivity index (χ2n) is 8.78. The minimum absolute atomic E-state index is 0.00559. The fourth-order valence-electron chi connectivity index (χ4n) is 4.49. The van der Waals surface area contributed by atoms with Crippen LogP contribution in [-0.2, 0) is 17.8 Å². The molecule has 0 saturated carbocycles. The van der Waals surface area contributed by atoms with E-state index in [4.69, 9.17) is 27.9 Å². The molecule has 0 saturated heterocycles. The van der Waals surface area contributed by atoms with Crippen LogP contribution in [0.5, 0.6) is 5.75 Å². The van der Waals surface area contributed by atoms with E-state index in [0.29, 0.717) is 39.5 Å². The van der Waals surface area contributed by atoms with Gasteiger partial charge in [0.25, 0.3) is 5.91 Å². The van der Waals surface area contributed by atoms with Gasteiger partial charge >= 0.3 is 0 Å². The molecule has 2 heterocycles. The van der Waals surface area contributed by atoms with Crippen LogP contribution < -0.4 is 15.0 Å². The highest BCUT2D eigenvalue weighted by molar-refractivity contribution is 7.99. The van der Waals surface area contributed by atoms with Crippen molar-refractivity contribution in [2.24, 2.45) is 0 Å². The summed E-state index contributed by atoms with van der Waals surface area (Å²) in [7, 11) is 1.58. The van der Waals surface area contributed by atoms with E-state index in [0.717, 1.165) is 18.5 Å². The molecule has 0 spiro atoms. The van der Waals surface area contributed by atoms with Crippen molar-refractivity contribution in [3.05, 3.63) is 93.7 Å². The minimum Gasteiger partial charge on any atom is -0.495 e. The number of ether oxygens (including phenoxy) is 1. The number of aromatic nitrogens is 3. The van der Waals surface area contributed by atoms with E-state index in [9.17, 15) is 9.59 Å². The zero-order valence-electron chi connectivity index (χ0n) is 21.1. The number of benzene rings is 3. The normalized spacial score (nSPS) is 12.6. The van der Waals surface area contributed by atoms with Crippen LogP contribution >= 0.6 is 35.0 Å². The van der Waals surface area contributed by atoms with Gasteiger partial charge in [0.2, 0.25) is 5.91 Å². The average Bonchev–Trinajstić information content (AvgIpc) is 3.36.